The number of rotatable bonds is 6. The number of methoxy groups -OCH3 is 2. The molecule has 2 aromatic carbocycles. The fraction of sp³-hybridized carbons (Fsp3) is 0.417. The maximum atomic E-state index is 13.3. The first kappa shape index (κ1) is 23.4. The number of hydrogen-bond acceptors (Lipinski definition) is 8. The zero-order valence-electron chi connectivity index (χ0n) is 18.8. The number of anilines is 1. The molecule has 5 unspecified atom stereocenters. The van der Waals surface area contributed by atoms with Crippen molar-refractivity contribution in [2.45, 2.75) is 36.5 Å². The predicted octanol–water partition coefficient (Wildman–Crippen LogP) is 2.36. The van der Waals surface area contributed by atoms with Crippen LogP contribution in [0.15, 0.2) is 53.5 Å². The third kappa shape index (κ3) is 5.10. The number of fused-ring (bicyclic) bond motifs is 1. The summed E-state index contributed by atoms with van der Waals surface area (Å²) < 4.78 is 10.6. The van der Waals surface area contributed by atoms with Gasteiger partial charge in [0.25, 0.3) is 0 Å². The molecule has 4 rings (SSSR count). The standard InChI is InChI=1S/C24H29N3O5S/c1-27(13-14-7-5-4-6-8-14)23(30)18-12-19(28)21(29)20-22(18)33-24(26-20)25-15-9-16(31-2)11-17(10-15)32-3/h4-11,18-22,28-29H,12-13H2,1-3H3,(H,25,26). The highest BCUT2D eigenvalue weighted by molar-refractivity contribution is 8.15. The first-order chi connectivity index (χ1) is 15.9. The lowest BCUT2D eigenvalue weighted by Gasteiger charge is -2.38. The van der Waals surface area contributed by atoms with Gasteiger partial charge in [-0.05, 0) is 12.0 Å². The smallest absolute Gasteiger partial charge is 0.227 e. The van der Waals surface area contributed by atoms with Crippen molar-refractivity contribution < 1.29 is 24.5 Å². The summed E-state index contributed by atoms with van der Waals surface area (Å²) in [5, 5.41) is 24.6. The van der Waals surface area contributed by atoms with Crippen LogP contribution in [0.4, 0.5) is 5.69 Å². The molecule has 0 bridgehead atoms. The van der Waals surface area contributed by atoms with Crippen molar-refractivity contribution in [2.75, 3.05) is 26.6 Å². The Labute approximate surface area is 197 Å². The summed E-state index contributed by atoms with van der Waals surface area (Å²) in [5.74, 6) is 0.731. The van der Waals surface area contributed by atoms with E-state index < -0.39 is 24.2 Å². The highest BCUT2D eigenvalue weighted by atomic mass is 32.2. The number of thioether (sulfide) groups is 1. The molecule has 0 aromatic heterocycles. The molecule has 1 saturated carbocycles. The Hall–Kier alpha value is -2.75. The zero-order chi connectivity index (χ0) is 23.5. The molecule has 1 aliphatic carbocycles. The van der Waals surface area contributed by atoms with Crippen LogP contribution in [0.3, 0.4) is 0 Å². The Morgan fingerprint density at radius 2 is 1.82 bits per heavy atom. The average molecular weight is 472 g/mol. The highest BCUT2D eigenvalue weighted by Crippen LogP contribution is 2.42. The van der Waals surface area contributed by atoms with Crippen molar-refractivity contribution in [3.05, 3.63) is 54.1 Å². The molecule has 176 valence electrons. The first-order valence-electron chi connectivity index (χ1n) is 10.8. The number of aliphatic hydroxyl groups excluding tert-OH is 2. The number of aliphatic imine (C=N–C) groups is 1. The monoisotopic (exact) mass is 471 g/mol. The van der Waals surface area contributed by atoms with Crippen LogP contribution in [0.1, 0.15) is 12.0 Å². The largest absolute Gasteiger partial charge is 0.497 e. The highest BCUT2D eigenvalue weighted by Gasteiger charge is 2.50. The van der Waals surface area contributed by atoms with E-state index >= 15 is 0 Å². The van der Waals surface area contributed by atoms with E-state index in [1.165, 1.54) is 11.8 Å². The molecule has 5 atom stereocenters. The van der Waals surface area contributed by atoms with E-state index in [-0.39, 0.29) is 17.6 Å². The van der Waals surface area contributed by atoms with Crippen LogP contribution in [-0.2, 0) is 11.3 Å². The molecule has 0 radical (unpaired) electrons. The minimum absolute atomic E-state index is 0.0631. The molecule has 1 fully saturated rings. The predicted molar refractivity (Wildman–Crippen MR) is 129 cm³/mol. The molecule has 0 spiro atoms. The summed E-state index contributed by atoms with van der Waals surface area (Å²) in [7, 11) is 4.92. The van der Waals surface area contributed by atoms with Crippen molar-refractivity contribution >= 4 is 28.5 Å². The molecule has 1 aliphatic heterocycles. The number of aliphatic hydroxyl groups is 2. The summed E-state index contributed by atoms with van der Waals surface area (Å²) in [6, 6.07) is 14.6. The Morgan fingerprint density at radius 3 is 2.45 bits per heavy atom. The summed E-state index contributed by atoms with van der Waals surface area (Å²) in [4.78, 5) is 19.7. The van der Waals surface area contributed by atoms with E-state index in [4.69, 9.17) is 9.47 Å². The van der Waals surface area contributed by atoms with Crippen LogP contribution in [0, 0.1) is 5.92 Å². The van der Waals surface area contributed by atoms with Gasteiger partial charge in [-0.1, -0.05) is 42.1 Å². The van der Waals surface area contributed by atoms with Gasteiger partial charge in [0.15, 0.2) is 5.17 Å². The van der Waals surface area contributed by atoms with E-state index in [0.717, 1.165) is 11.3 Å². The van der Waals surface area contributed by atoms with E-state index in [0.29, 0.717) is 23.2 Å². The fourth-order valence-corrected chi connectivity index (χ4v) is 5.68. The lowest BCUT2D eigenvalue weighted by atomic mass is 9.80. The number of carbonyl (C=O) groups is 1. The molecule has 33 heavy (non-hydrogen) atoms. The van der Waals surface area contributed by atoms with Gasteiger partial charge in [-0.25, -0.2) is 0 Å². The molecular weight excluding hydrogens is 442 g/mol. The van der Waals surface area contributed by atoms with Crippen LogP contribution in [0.2, 0.25) is 0 Å². The van der Waals surface area contributed by atoms with Crippen LogP contribution in [-0.4, -0.2) is 71.0 Å². The molecule has 2 aromatic rings. The lowest BCUT2D eigenvalue weighted by molar-refractivity contribution is -0.139. The van der Waals surface area contributed by atoms with Gasteiger partial charge in [-0.15, -0.1) is 0 Å². The quantitative estimate of drug-likeness (QED) is 0.594. The normalized spacial score (nSPS) is 26.2. The number of hydrogen-bond donors (Lipinski definition) is 3. The molecule has 1 heterocycles. The summed E-state index contributed by atoms with van der Waals surface area (Å²) in [6.45, 7) is 0.479. The molecular formula is C24H29N3O5S. The number of nitrogens with one attached hydrogen (secondary N) is 1. The minimum Gasteiger partial charge on any atom is -0.497 e. The third-order valence-electron chi connectivity index (χ3n) is 6.05. The summed E-state index contributed by atoms with van der Waals surface area (Å²) in [6.07, 6.45) is -1.83. The Kier molecular flexibility index (Phi) is 7.11. The second-order valence-corrected chi connectivity index (χ2v) is 9.48. The SMILES string of the molecule is COc1cc(NC2=NC3C(O)C(O)CC(C(=O)N(C)Cc4ccccc4)C3S2)cc(OC)c1. The number of benzene rings is 2. The van der Waals surface area contributed by atoms with Crippen LogP contribution in [0.5, 0.6) is 11.5 Å². The number of amides is 1. The molecule has 0 saturated heterocycles. The van der Waals surface area contributed by atoms with Gasteiger partial charge in [0.2, 0.25) is 5.91 Å². The minimum atomic E-state index is -1.02. The number of amidine groups is 1. The Morgan fingerprint density at radius 1 is 1.15 bits per heavy atom. The molecule has 1 amide bonds. The lowest BCUT2D eigenvalue weighted by Crippen LogP contribution is -2.54. The van der Waals surface area contributed by atoms with Crippen LogP contribution in [0.25, 0.3) is 0 Å². The number of ether oxygens (including phenoxy) is 2. The van der Waals surface area contributed by atoms with Gasteiger partial charge in [0, 0.05) is 42.7 Å². The topological polar surface area (TPSA) is 104 Å². The van der Waals surface area contributed by atoms with Gasteiger partial charge in [-0.3, -0.25) is 9.79 Å². The van der Waals surface area contributed by atoms with Crippen molar-refractivity contribution in [1.29, 1.82) is 0 Å². The van der Waals surface area contributed by atoms with Crippen molar-refractivity contribution in [3.63, 3.8) is 0 Å². The van der Waals surface area contributed by atoms with Crippen molar-refractivity contribution in [3.8, 4) is 11.5 Å². The van der Waals surface area contributed by atoms with Crippen LogP contribution >= 0.6 is 11.8 Å². The van der Waals surface area contributed by atoms with Gasteiger partial charge in [0.05, 0.1) is 32.3 Å². The molecule has 9 heteroatoms. The van der Waals surface area contributed by atoms with E-state index in [1.54, 1.807) is 32.2 Å². The molecule has 2 aliphatic rings. The summed E-state index contributed by atoms with van der Waals surface area (Å²) in [5.41, 5.74) is 1.75. The third-order valence-corrected chi connectivity index (χ3v) is 7.36. The van der Waals surface area contributed by atoms with E-state index in [2.05, 4.69) is 10.3 Å². The molecule has 3 N–H and O–H groups in total. The van der Waals surface area contributed by atoms with Crippen LogP contribution < -0.4 is 14.8 Å². The average Bonchev–Trinajstić information content (AvgIpc) is 3.25. The second-order valence-electron chi connectivity index (χ2n) is 8.31. The van der Waals surface area contributed by atoms with Gasteiger partial charge < -0.3 is 29.9 Å². The Bertz CT molecular complexity index is 996. The first-order valence-corrected chi connectivity index (χ1v) is 11.7. The second kappa shape index (κ2) is 10.0. The number of carbonyl (C=O) groups excluding carboxylic acids is 1. The fourth-order valence-electron chi connectivity index (χ4n) is 4.31. The van der Waals surface area contributed by atoms with E-state index in [1.807, 2.05) is 42.5 Å². The Balaban J connectivity index is 1.51. The molecule has 8 nitrogen and oxygen atoms in total. The maximum absolute atomic E-state index is 13.3. The summed E-state index contributed by atoms with van der Waals surface area (Å²) >= 11 is 1.42. The maximum Gasteiger partial charge on any atom is 0.227 e. The van der Waals surface area contributed by atoms with Gasteiger partial charge >= 0.3 is 0 Å². The van der Waals surface area contributed by atoms with Gasteiger partial charge in [-0.2, -0.15) is 0 Å². The van der Waals surface area contributed by atoms with Crippen molar-refractivity contribution in [2.24, 2.45) is 10.9 Å². The zero-order valence-corrected chi connectivity index (χ0v) is 19.7. The van der Waals surface area contributed by atoms with Crippen molar-refractivity contribution in [1.82, 2.24) is 4.90 Å². The van der Waals surface area contributed by atoms with E-state index in [9.17, 15) is 15.0 Å². The van der Waals surface area contributed by atoms with Gasteiger partial charge in [0.1, 0.15) is 17.6 Å². The number of nitrogens with zero attached hydrogens (tertiary/aromatic N) is 2.